The Morgan fingerprint density at radius 2 is 1.32 bits per heavy atom. The maximum Gasteiger partial charge on any atom is 0.407 e. The van der Waals surface area contributed by atoms with Crippen LogP contribution >= 0.6 is 67.5 Å². The summed E-state index contributed by atoms with van der Waals surface area (Å²) in [6.45, 7) is 8.43. The zero-order chi connectivity index (χ0) is 43.2. The van der Waals surface area contributed by atoms with Gasteiger partial charge in [0.2, 0.25) is 11.8 Å². The number of carbonyl (C=O) groups is 4. The number of hydrogen-bond donors (Lipinski definition) is 4. The summed E-state index contributed by atoms with van der Waals surface area (Å²) in [5, 5.41) is 5.40. The number of carbonyl (C=O) groups excluding carboxylic acids is 4. The predicted molar refractivity (Wildman–Crippen MR) is 280 cm³/mol. The highest BCUT2D eigenvalue weighted by atomic mass is 32.1. The van der Waals surface area contributed by atoms with Gasteiger partial charge in [-0.15, -0.1) is 0 Å². The fraction of sp³-hybridized carbons (Fsp3) is 0.391. The van der Waals surface area contributed by atoms with E-state index in [2.05, 4.69) is 37.4 Å². The van der Waals surface area contributed by atoms with E-state index < -0.39 is 30.3 Å². The van der Waals surface area contributed by atoms with Crippen LogP contribution in [0.1, 0.15) is 81.8 Å². The number of imidazole rings is 2. The molecule has 5 atom stereocenters. The monoisotopic (exact) mass is 998 g/mol. The number of aromatic nitrogens is 4. The number of alkyl carbamates (subject to hydrolysis) is 2. The van der Waals surface area contributed by atoms with E-state index in [1.165, 1.54) is 14.2 Å². The highest BCUT2D eigenvalue weighted by Crippen LogP contribution is 2.36. The maximum absolute atomic E-state index is 14.1. The van der Waals surface area contributed by atoms with Crippen molar-refractivity contribution in [1.82, 2.24) is 40.4 Å². The zero-order valence-corrected chi connectivity index (χ0v) is 42.7. The van der Waals surface area contributed by atoms with Gasteiger partial charge in [-0.1, -0.05) is 69.9 Å². The highest BCUT2D eigenvalue weighted by Gasteiger charge is 2.43. The van der Waals surface area contributed by atoms with Crippen molar-refractivity contribution in [3.8, 4) is 28.8 Å². The van der Waals surface area contributed by atoms with E-state index in [9.17, 15) is 19.2 Å². The number of ether oxygens (including phenoxy) is 3. The van der Waals surface area contributed by atoms with Crippen LogP contribution in [0.5, 0.6) is 5.75 Å². The highest BCUT2D eigenvalue weighted by molar-refractivity contribution is 7.60. The molecule has 2 aromatic heterocycles. The van der Waals surface area contributed by atoms with Gasteiger partial charge in [-0.2, -0.15) is 67.5 Å². The molecular weight excluding hydrogens is 937 g/mol. The van der Waals surface area contributed by atoms with Crippen LogP contribution in [0.3, 0.4) is 0 Å². The number of nitrogens with one attached hydrogen (secondary N) is 4. The van der Waals surface area contributed by atoms with Crippen LogP contribution in [0, 0.1) is 23.7 Å². The lowest BCUT2D eigenvalue weighted by molar-refractivity contribution is -0.136. The first-order valence-electron chi connectivity index (χ1n) is 20.6. The molecular formula is C46H62N8O7S5. The van der Waals surface area contributed by atoms with Gasteiger partial charge in [0, 0.05) is 24.1 Å². The Kier molecular flexibility index (Phi) is 22.2. The van der Waals surface area contributed by atoms with Gasteiger partial charge < -0.3 is 44.6 Å². The molecule has 0 spiro atoms. The largest absolute Gasteiger partial charge is 0.488 e. The molecule has 0 unspecified atom stereocenters. The molecule has 2 saturated heterocycles. The number of para-hydroxylation sites is 1. The minimum Gasteiger partial charge on any atom is -0.488 e. The fourth-order valence-corrected chi connectivity index (χ4v) is 7.94. The minimum atomic E-state index is -0.801. The summed E-state index contributed by atoms with van der Waals surface area (Å²) in [6, 6.07) is 21.0. The second-order valence-electron chi connectivity index (χ2n) is 16.1. The number of rotatable bonds is 11. The van der Waals surface area contributed by atoms with Gasteiger partial charge in [-0.3, -0.25) is 9.59 Å². The smallest absolute Gasteiger partial charge is 0.407 e. The third kappa shape index (κ3) is 13.3. The molecule has 4 N–H and O–H groups in total. The standard InChI is InChI=1S/C46H52N8O7.5H2S/c1-27(2)39(51-45(57)59-5)43(55)53-22-10-13-37(53)41-47-25-36(50-41)31-19-16-29(17-20-31)14-15-30-18-21-34-35(23-30)49-42(48-34)38-24-33(61-32-11-8-7-9-12-32)26-54(38)44(56)40(28(3)4)52-46(58)60-6;;;;;/h7-9,11-12,16-21,23,25,27-28,33,37-40H,10,13,22,24,26H2,1-6H3,(H,47,50)(H,48,49)(H,51,57)(H,52,58);5*1H2/t33-,37-,38-,39-,40-;;;;;/m0...../s1. The van der Waals surface area contributed by atoms with Crippen molar-refractivity contribution in [1.29, 1.82) is 0 Å². The predicted octanol–water partition coefficient (Wildman–Crippen LogP) is 7.06. The van der Waals surface area contributed by atoms with Crippen LogP contribution in [0.15, 0.2) is 79.0 Å². The van der Waals surface area contributed by atoms with Gasteiger partial charge in [-0.25, -0.2) is 19.6 Å². The van der Waals surface area contributed by atoms with Crippen molar-refractivity contribution in [2.45, 2.75) is 77.2 Å². The Bertz CT molecular complexity index is 2440. The lowest BCUT2D eigenvalue weighted by Crippen LogP contribution is -2.51. The van der Waals surface area contributed by atoms with E-state index in [1.54, 1.807) is 16.0 Å². The molecule has 7 rings (SSSR count). The van der Waals surface area contributed by atoms with Gasteiger partial charge >= 0.3 is 12.2 Å². The average molecular weight is 999 g/mol. The van der Waals surface area contributed by atoms with E-state index in [-0.39, 0.29) is 103 Å². The average Bonchev–Trinajstić information content (AvgIpc) is 4.10. The van der Waals surface area contributed by atoms with E-state index in [0.29, 0.717) is 36.9 Å². The van der Waals surface area contributed by atoms with Crippen molar-refractivity contribution in [2.75, 3.05) is 27.3 Å². The number of likely N-dealkylation sites (tertiary alicyclic amines) is 2. The molecule has 0 bridgehead atoms. The Hall–Kier alpha value is -5.07. The first kappa shape index (κ1) is 57.1. The quantitative estimate of drug-likeness (QED) is 0.101. The third-order valence-corrected chi connectivity index (χ3v) is 11.2. The first-order valence-corrected chi connectivity index (χ1v) is 20.6. The molecule has 2 aliphatic rings. The number of nitrogens with zero attached hydrogens (tertiary/aromatic N) is 4. The Labute approximate surface area is 420 Å². The molecule has 4 amide bonds. The lowest BCUT2D eigenvalue weighted by atomic mass is 10.0. The van der Waals surface area contributed by atoms with Crippen LogP contribution in [0.2, 0.25) is 0 Å². The summed E-state index contributed by atoms with van der Waals surface area (Å²) in [5.41, 5.74) is 4.87. The van der Waals surface area contributed by atoms with Crippen molar-refractivity contribution in [2.24, 2.45) is 11.8 Å². The van der Waals surface area contributed by atoms with Crippen molar-refractivity contribution in [3.63, 3.8) is 0 Å². The summed E-state index contributed by atoms with van der Waals surface area (Å²) < 4.78 is 15.9. The van der Waals surface area contributed by atoms with Crippen LogP contribution < -0.4 is 15.4 Å². The normalized spacial score (nSPS) is 17.0. The summed E-state index contributed by atoms with van der Waals surface area (Å²) in [7, 11) is 2.56. The van der Waals surface area contributed by atoms with Gasteiger partial charge in [0.25, 0.3) is 0 Å². The van der Waals surface area contributed by atoms with Crippen molar-refractivity contribution >= 4 is 103 Å². The van der Waals surface area contributed by atoms with Gasteiger partial charge in [0.05, 0.1) is 55.8 Å². The topological polar surface area (TPSA) is 184 Å². The Morgan fingerprint density at radius 3 is 1.92 bits per heavy atom. The molecule has 15 nitrogen and oxygen atoms in total. The van der Waals surface area contributed by atoms with Crippen LogP contribution in [-0.2, 0) is 19.1 Å². The second-order valence-corrected chi connectivity index (χ2v) is 16.1. The lowest BCUT2D eigenvalue weighted by Gasteiger charge is -2.30. The maximum atomic E-state index is 14.1. The summed E-state index contributed by atoms with van der Waals surface area (Å²) in [5.74, 6) is 7.84. The number of hydrogen-bond acceptors (Lipinski definition) is 9. The van der Waals surface area contributed by atoms with Crippen molar-refractivity contribution in [3.05, 3.63) is 102 Å². The number of methoxy groups -OCH3 is 2. The summed E-state index contributed by atoms with van der Waals surface area (Å²) in [6.07, 6.45) is 2.27. The van der Waals surface area contributed by atoms with E-state index in [0.717, 1.165) is 46.3 Å². The molecule has 20 heteroatoms. The van der Waals surface area contributed by atoms with E-state index >= 15 is 0 Å². The first-order chi connectivity index (χ1) is 29.4. The molecule has 2 aliphatic heterocycles. The van der Waals surface area contributed by atoms with Crippen LogP contribution in [0.25, 0.3) is 22.3 Å². The van der Waals surface area contributed by atoms with E-state index in [1.807, 2.05) is 100 Å². The van der Waals surface area contributed by atoms with Crippen LogP contribution in [0.4, 0.5) is 9.59 Å². The summed E-state index contributed by atoms with van der Waals surface area (Å²) >= 11 is 0. The van der Waals surface area contributed by atoms with Gasteiger partial charge in [-0.05, 0) is 72.7 Å². The number of aromatic amines is 2. The molecule has 2 fully saturated rings. The number of H-pyrrole nitrogens is 2. The minimum absolute atomic E-state index is 0. The zero-order valence-electron chi connectivity index (χ0n) is 37.7. The number of benzene rings is 3. The summed E-state index contributed by atoms with van der Waals surface area (Å²) in [4.78, 5) is 71.8. The molecule has 4 heterocycles. The SMILES string of the molecule is COC(=O)N[C@H](C(=O)N1CCC[C@H]1c1ncc(-c2ccc(C#Cc3ccc4nc([C@@H]5C[C@H](Oc6ccccc6)CN5C(=O)[C@@H](NC(=O)OC)C(C)C)[nH]c4c3)cc2)[nH]1)C(C)C.S.S.S.S.S. The third-order valence-electron chi connectivity index (χ3n) is 11.2. The van der Waals surface area contributed by atoms with E-state index in [4.69, 9.17) is 19.2 Å². The number of fused-ring (bicyclic) bond motifs is 1. The molecule has 0 radical (unpaired) electrons. The molecule has 5 aromatic rings. The van der Waals surface area contributed by atoms with Gasteiger partial charge in [0.1, 0.15) is 35.6 Å². The fourth-order valence-electron chi connectivity index (χ4n) is 7.94. The molecule has 0 saturated carbocycles. The molecule has 66 heavy (non-hydrogen) atoms. The van der Waals surface area contributed by atoms with Gasteiger partial charge in [0.15, 0.2) is 0 Å². The van der Waals surface area contributed by atoms with Crippen LogP contribution in [-0.4, -0.2) is 99.2 Å². The second kappa shape index (κ2) is 25.7. The number of amides is 4. The molecule has 0 aliphatic carbocycles. The molecule has 3 aromatic carbocycles. The van der Waals surface area contributed by atoms with Crippen molar-refractivity contribution < 1.29 is 33.4 Å². The molecule has 358 valence electrons. The Morgan fingerprint density at radius 1 is 0.727 bits per heavy atom. The Balaban J connectivity index is 0.00000299.